The number of nitriles is 1. The zero-order valence-electron chi connectivity index (χ0n) is 12.3. The molecule has 4 nitrogen and oxygen atoms in total. The number of hydrogen-bond acceptors (Lipinski definition) is 3. The van der Waals surface area contributed by atoms with Gasteiger partial charge in [-0.2, -0.15) is 5.26 Å². The third-order valence-corrected chi connectivity index (χ3v) is 3.82. The lowest BCUT2D eigenvalue weighted by atomic mass is 10.1. The molecule has 1 aromatic carbocycles. The zero-order chi connectivity index (χ0) is 15.8. The van der Waals surface area contributed by atoms with Crippen LogP contribution in [0.4, 0.5) is 4.39 Å². The minimum atomic E-state index is -0.406. The smallest absolute Gasteiger partial charge is 0.191 e. The minimum absolute atomic E-state index is 0.220. The molecule has 1 heterocycles. The molecule has 0 unspecified atom stereocenters. The topological polar surface area (TPSA) is 60.2 Å². The second-order valence-corrected chi connectivity index (χ2v) is 5.58. The second kappa shape index (κ2) is 8.15. The summed E-state index contributed by atoms with van der Waals surface area (Å²) in [6, 6.07) is 10.4. The first kappa shape index (κ1) is 16.0. The summed E-state index contributed by atoms with van der Waals surface area (Å²) in [5.41, 5.74) is 0.778. The van der Waals surface area contributed by atoms with Crippen LogP contribution in [0.15, 0.2) is 40.7 Å². The van der Waals surface area contributed by atoms with Crippen LogP contribution in [0.25, 0.3) is 0 Å². The van der Waals surface area contributed by atoms with Crippen LogP contribution >= 0.6 is 11.3 Å². The van der Waals surface area contributed by atoms with Crippen molar-refractivity contribution in [2.45, 2.75) is 20.0 Å². The Balaban J connectivity index is 2.01. The van der Waals surface area contributed by atoms with Gasteiger partial charge in [0.05, 0.1) is 24.7 Å². The Kier molecular flexibility index (Phi) is 5.92. The first-order valence-corrected chi connectivity index (χ1v) is 7.84. The van der Waals surface area contributed by atoms with E-state index in [4.69, 9.17) is 5.26 Å². The minimum Gasteiger partial charge on any atom is -0.357 e. The highest BCUT2D eigenvalue weighted by Gasteiger charge is 2.04. The van der Waals surface area contributed by atoms with Crippen molar-refractivity contribution in [3.05, 3.63) is 57.5 Å². The van der Waals surface area contributed by atoms with Gasteiger partial charge in [-0.15, -0.1) is 11.3 Å². The molecule has 2 N–H and O–H groups in total. The van der Waals surface area contributed by atoms with Crippen molar-refractivity contribution in [3.8, 4) is 6.07 Å². The molecule has 0 amide bonds. The van der Waals surface area contributed by atoms with E-state index in [2.05, 4.69) is 15.6 Å². The SMILES string of the molecule is CCNC(=NCc1ccc(C#N)cc1F)NCc1cccs1. The van der Waals surface area contributed by atoms with E-state index in [0.717, 1.165) is 6.54 Å². The van der Waals surface area contributed by atoms with Gasteiger partial charge in [0.25, 0.3) is 0 Å². The van der Waals surface area contributed by atoms with E-state index in [1.807, 2.05) is 30.5 Å². The van der Waals surface area contributed by atoms with Crippen molar-refractivity contribution >= 4 is 17.3 Å². The summed E-state index contributed by atoms with van der Waals surface area (Å²) in [4.78, 5) is 5.58. The molecule has 0 spiro atoms. The number of hydrogen-bond donors (Lipinski definition) is 2. The van der Waals surface area contributed by atoms with Crippen molar-refractivity contribution in [2.75, 3.05) is 6.54 Å². The molecule has 6 heteroatoms. The molecular formula is C16H17FN4S. The second-order valence-electron chi connectivity index (χ2n) is 4.55. The number of nitrogens with one attached hydrogen (secondary N) is 2. The highest BCUT2D eigenvalue weighted by molar-refractivity contribution is 7.09. The third-order valence-electron chi connectivity index (χ3n) is 2.94. The van der Waals surface area contributed by atoms with E-state index in [0.29, 0.717) is 23.6 Å². The molecule has 0 atom stereocenters. The molecule has 0 saturated carbocycles. The van der Waals surface area contributed by atoms with Gasteiger partial charge >= 0.3 is 0 Å². The molecule has 1 aromatic heterocycles. The van der Waals surface area contributed by atoms with Crippen LogP contribution in [0, 0.1) is 17.1 Å². The van der Waals surface area contributed by atoms with E-state index in [9.17, 15) is 4.39 Å². The maximum absolute atomic E-state index is 13.8. The summed E-state index contributed by atoms with van der Waals surface area (Å²) in [7, 11) is 0. The van der Waals surface area contributed by atoms with Crippen LogP contribution in [-0.2, 0) is 13.1 Å². The molecule has 22 heavy (non-hydrogen) atoms. The van der Waals surface area contributed by atoms with Crippen LogP contribution in [0.1, 0.15) is 22.9 Å². The van der Waals surface area contributed by atoms with E-state index in [-0.39, 0.29) is 6.54 Å². The fourth-order valence-corrected chi connectivity index (χ4v) is 2.48. The first-order chi connectivity index (χ1) is 10.7. The normalized spacial score (nSPS) is 11.0. The summed E-state index contributed by atoms with van der Waals surface area (Å²) >= 11 is 1.67. The Morgan fingerprint density at radius 1 is 1.36 bits per heavy atom. The van der Waals surface area contributed by atoms with Crippen LogP contribution < -0.4 is 10.6 Å². The van der Waals surface area contributed by atoms with Gasteiger partial charge in [-0.25, -0.2) is 9.38 Å². The Labute approximate surface area is 133 Å². The number of aliphatic imine (C=N–C) groups is 1. The van der Waals surface area contributed by atoms with E-state index in [1.165, 1.54) is 10.9 Å². The maximum Gasteiger partial charge on any atom is 0.191 e. The van der Waals surface area contributed by atoms with Crippen molar-refractivity contribution in [1.29, 1.82) is 5.26 Å². The van der Waals surface area contributed by atoms with Crippen molar-refractivity contribution in [1.82, 2.24) is 10.6 Å². The number of nitrogens with zero attached hydrogens (tertiary/aromatic N) is 2. The van der Waals surface area contributed by atoms with Gasteiger partial charge in [0, 0.05) is 17.0 Å². The molecule has 0 saturated heterocycles. The Morgan fingerprint density at radius 2 is 2.23 bits per heavy atom. The summed E-state index contributed by atoms with van der Waals surface area (Å²) in [5.74, 6) is 0.233. The molecule has 0 aliphatic heterocycles. The molecule has 114 valence electrons. The lowest BCUT2D eigenvalue weighted by Gasteiger charge is -2.10. The lowest BCUT2D eigenvalue weighted by molar-refractivity contribution is 0.609. The Bertz CT molecular complexity index is 674. The number of rotatable bonds is 5. The van der Waals surface area contributed by atoms with E-state index < -0.39 is 5.82 Å². The van der Waals surface area contributed by atoms with E-state index in [1.54, 1.807) is 23.5 Å². The standard InChI is InChI=1S/C16H17FN4S/c1-2-19-16(21-11-14-4-3-7-22-14)20-10-13-6-5-12(9-18)8-15(13)17/h3-8H,2,10-11H2,1H3,(H2,19,20,21). The molecule has 0 aliphatic carbocycles. The largest absolute Gasteiger partial charge is 0.357 e. The zero-order valence-corrected chi connectivity index (χ0v) is 13.1. The van der Waals surface area contributed by atoms with Crippen molar-refractivity contribution in [2.24, 2.45) is 4.99 Å². The van der Waals surface area contributed by atoms with Crippen LogP contribution in [0.2, 0.25) is 0 Å². The van der Waals surface area contributed by atoms with Gasteiger partial charge in [0.2, 0.25) is 0 Å². The first-order valence-electron chi connectivity index (χ1n) is 6.96. The van der Waals surface area contributed by atoms with Gasteiger partial charge in [-0.1, -0.05) is 12.1 Å². The lowest BCUT2D eigenvalue weighted by Crippen LogP contribution is -2.36. The Morgan fingerprint density at radius 3 is 2.86 bits per heavy atom. The molecule has 2 rings (SSSR count). The summed E-state index contributed by atoms with van der Waals surface area (Å²) in [6.45, 7) is 3.60. The van der Waals surface area contributed by atoms with E-state index >= 15 is 0 Å². The van der Waals surface area contributed by atoms with Gasteiger partial charge in [0.1, 0.15) is 5.82 Å². The molecule has 0 bridgehead atoms. The summed E-state index contributed by atoms with van der Waals surface area (Å²) in [5, 5.41) is 17.1. The number of thiophene rings is 1. The fraction of sp³-hybridized carbons (Fsp3) is 0.250. The van der Waals surface area contributed by atoms with Crippen LogP contribution in [-0.4, -0.2) is 12.5 Å². The van der Waals surface area contributed by atoms with Crippen molar-refractivity contribution < 1.29 is 4.39 Å². The average Bonchev–Trinajstić information content (AvgIpc) is 3.04. The quantitative estimate of drug-likeness (QED) is 0.658. The molecule has 0 fully saturated rings. The highest BCUT2D eigenvalue weighted by atomic mass is 32.1. The van der Waals surface area contributed by atoms with Gasteiger partial charge in [0.15, 0.2) is 5.96 Å². The molecule has 0 radical (unpaired) electrons. The highest BCUT2D eigenvalue weighted by Crippen LogP contribution is 2.11. The monoisotopic (exact) mass is 316 g/mol. The maximum atomic E-state index is 13.8. The number of guanidine groups is 1. The van der Waals surface area contributed by atoms with Crippen LogP contribution in [0.5, 0.6) is 0 Å². The molecular weight excluding hydrogens is 299 g/mol. The fourth-order valence-electron chi connectivity index (χ4n) is 1.84. The molecule has 2 aromatic rings. The van der Waals surface area contributed by atoms with Crippen LogP contribution in [0.3, 0.4) is 0 Å². The number of halogens is 1. The van der Waals surface area contributed by atoms with Gasteiger partial charge < -0.3 is 10.6 Å². The number of benzene rings is 1. The van der Waals surface area contributed by atoms with Crippen molar-refractivity contribution in [3.63, 3.8) is 0 Å². The van der Waals surface area contributed by atoms with Gasteiger partial charge in [-0.05, 0) is 30.5 Å². The predicted molar refractivity (Wildman–Crippen MR) is 87.1 cm³/mol. The average molecular weight is 316 g/mol. The third kappa shape index (κ3) is 4.57. The Hall–Kier alpha value is -2.39. The molecule has 0 aliphatic rings. The van der Waals surface area contributed by atoms with Gasteiger partial charge in [-0.3, -0.25) is 0 Å². The summed E-state index contributed by atoms with van der Waals surface area (Å²) in [6.07, 6.45) is 0. The predicted octanol–water partition coefficient (Wildman–Crippen LogP) is 3.01. The summed E-state index contributed by atoms with van der Waals surface area (Å²) < 4.78 is 13.8.